The van der Waals surface area contributed by atoms with Crippen LogP contribution in [-0.2, 0) is 4.79 Å². The molecule has 2 N–H and O–H groups in total. The number of phenols is 2. The van der Waals surface area contributed by atoms with E-state index >= 15 is 0 Å². The second-order valence-corrected chi connectivity index (χ2v) is 4.45. The Labute approximate surface area is 117 Å². The number of carbonyl (C=O) groups excluding carboxylic acids is 1. The lowest BCUT2D eigenvalue weighted by molar-refractivity contribution is -0.114. The predicted molar refractivity (Wildman–Crippen MR) is 78.2 cm³/mol. The number of nitrogens with zero attached hydrogens (tertiary/aromatic N) is 1. The van der Waals surface area contributed by atoms with Crippen molar-refractivity contribution in [2.75, 3.05) is 4.90 Å². The zero-order valence-electron chi connectivity index (χ0n) is 11.1. The lowest BCUT2D eigenvalue weighted by Crippen LogP contribution is -2.26. The summed E-state index contributed by atoms with van der Waals surface area (Å²) in [6, 6.07) is 12.6. The molecule has 20 heavy (non-hydrogen) atoms. The lowest BCUT2D eigenvalue weighted by Gasteiger charge is -2.23. The van der Waals surface area contributed by atoms with Crippen molar-refractivity contribution in [3.05, 3.63) is 60.7 Å². The van der Waals surface area contributed by atoms with Gasteiger partial charge in [-0.25, -0.2) is 0 Å². The zero-order valence-corrected chi connectivity index (χ0v) is 11.1. The third kappa shape index (κ3) is 2.80. The maximum absolute atomic E-state index is 12.3. The van der Waals surface area contributed by atoms with E-state index in [1.54, 1.807) is 31.2 Å². The molecule has 0 aliphatic rings. The molecule has 0 heterocycles. The highest BCUT2D eigenvalue weighted by Gasteiger charge is 2.18. The summed E-state index contributed by atoms with van der Waals surface area (Å²) in [5.41, 5.74) is 1.62. The average Bonchev–Trinajstić information content (AvgIpc) is 2.43. The van der Waals surface area contributed by atoms with Gasteiger partial charge in [-0.2, -0.15) is 0 Å². The van der Waals surface area contributed by atoms with Crippen molar-refractivity contribution in [2.45, 2.75) is 6.92 Å². The van der Waals surface area contributed by atoms with Gasteiger partial charge in [-0.3, -0.25) is 9.69 Å². The first kappa shape index (κ1) is 13.7. The predicted octanol–water partition coefficient (Wildman–Crippen LogP) is 3.34. The van der Waals surface area contributed by atoms with Gasteiger partial charge in [-0.15, -0.1) is 0 Å². The number of benzene rings is 2. The molecule has 1 amide bonds. The number of anilines is 2. The molecule has 0 aromatic heterocycles. The number of amides is 1. The van der Waals surface area contributed by atoms with E-state index in [2.05, 4.69) is 6.58 Å². The molecule has 0 spiro atoms. The normalized spacial score (nSPS) is 10.1. The van der Waals surface area contributed by atoms with Crippen LogP contribution >= 0.6 is 0 Å². The van der Waals surface area contributed by atoms with Crippen LogP contribution in [0.1, 0.15) is 6.92 Å². The minimum Gasteiger partial charge on any atom is -0.508 e. The SMILES string of the molecule is C=C(C)C(=O)N(c1ccc(O)cc1)c1ccc(O)cc1. The number of hydrogen-bond acceptors (Lipinski definition) is 3. The van der Waals surface area contributed by atoms with E-state index in [9.17, 15) is 15.0 Å². The quantitative estimate of drug-likeness (QED) is 0.840. The van der Waals surface area contributed by atoms with E-state index < -0.39 is 0 Å². The number of hydrogen-bond donors (Lipinski definition) is 2. The molecule has 0 aliphatic heterocycles. The fraction of sp³-hybridized carbons (Fsp3) is 0.0625. The molecule has 4 heteroatoms. The molecule has 102 valence electrons. The number of phenolic OH excluding ortho intramolecular Hbond substituents is 2. The Balaban J connectivity index is 2.49. The molecule has 0 atom stereocenters. The van der Waals surface area contributed by atoms with Gasteiger partial charge in [0, 0.05) is 16.9 Å². The Kier molecular flexibility index (Phi) is 3.75. The molecular formula is C16H15NO3. The van der Waals surface area contributed by atoms with Gasteiger partial charge in [0.25, 0.3) is 5.91 Å². The minimum atomic E-state index is -0.249. The Hall–Kier alpha value is -2.75. The summed E-state index contributed by atoms with van der Waals surface area (Å²) in [7, 11) is 0. The Morgan fingerprint density at radius 2 is 1.25 bits per heavy atom. The van der Waals surface area contributed by atoms with Crippen molar-refractivity contribution < 1.29 is 15.0 Å². The van der Waals surface area contributed by atoms with Crippen LogP contribution in [0.4, 0.5) is 11.4 Å². The van der Waals surface area contributed by atoms with Gasteiger partial charge in [0.15, 0.2) is 0 Å². The number of aromatic hydroxyl groups is 2. The lowest BCUT2D eigenvalue weighted by atomic mass is 10.2. The van der Waals surface area contributed by atoms with E-state index in [-0.39, 0.29) is 17.4 Å². The monoisotopic (exact) mass is 269 g/mol. The van der Waals surface area contributed by atoms with Crippen molar-refractivity contribution in [2.24, 2.45) is 0 Å². The fourth-order valence-electron chi connectivity index (χ4n) is 1.78. The van der Waals surface area contributed by atoms with Crippen molar-refractivity contribution in [3.63, 3.8) is 0 Å². The Morgan fingerprint density at radius 3 is 1.55 bits per heavy atom. The van der Waals surface area contributed by atoms with Gasteiger partial charge >= 0.3 is 0 Å². The molecule has 0 aliphatic carbocycles. The first-order valence-electron chi connectivity index (χ1n) is 6.07. The van der Waals surface area contributed by atoms with Crippen LogP contribution in [-0.4, -0.2) is 16.1 Å². The number of rotatable bonds is 3. The van der Waals surface area contributed by atoms with E-state index in [1.807, 2.05) is 0 Å². The van der Waals surface area contributed by atoms with Crippen LogP contribution in [0, 0.1) is 0 Å². The molecule has 2 aromatic rings. The molecule has 0 saturated heterocycles. The molecule has 0 fully saturated rings. The van der Waals surface area contributed by atoms with Gasteiger partial charge in [-0.1, -0.05) is 6.58 Å². The summed E-state index contributed by atoms with van der Waals surface area (Å²) < 4.78 is 0. The summed E-state index contributed by atoms with van der Waals surface area (Å²) in [4.78, 5) is 13.8. The Morgan fingerprint density at radius 1 is 0.900 bits per heavy atom. The van der Waals surface area contributed by atoms with E-state index in [0.717, 1.165) is 0 Å². The van der Waals surface area contributed by atoms with Crippen LogP contribution in [0.3, 0.4) is 0 Å². The molecule has 0 unspecified atom stereocenters. The van der Waals surface area contributed by atoms with E-state index in [1.165, 1.54) is 29.2 Å². The van der Waals surface area contributed by atoms with Crippen molar-refractivity contribution >= 4 is 17.3 Å². The Bertz CT molecular complexity index is 584. The largest absolute Gasteiger partial charge is 0.508 e. The summed E-state index contributed by atoms with van der Waals surface area (Å²) >= 11 is 0. The zero-order chi connectivity index (χ0) is 14.7. The van der Waals surface area contributed by atoms with Crippen LogP contribution in [0.25, 0.3) is 0 Å². The third-order valence-electron chi connectivity index (χ3n) is 2.78. The van der Waals surface area contributed by atoms with Crippen molar-refractivity contribution in [1.29, 1.82) is 0 Å². The second-order valence-electron chi connectivity index (χ2n) is 4.45. The van der Waals surface area contributed by atoms with Crippen molar-refractivity contribution in [3.8, 4) is 11.5 Å². The minimum absolute atomic E-state index is 0.127. The topological polar surface area (TPSA) is 60.8 Å². The van der Waals surface area contributed by atoms with E-state index in [0.29, 0.717) is 16.9 Å². The molecule has 0 bridgehead atoms. The summed E-state index contributed by atoms with van der Waals surface area (Å²) in [5.74, 6) is 0.00531. The standard InChI is InChI=1S/C16H15NO3/c1-11(2)16(20)17(12-3-7-14(18)8-4-12)13-5-9-15(19)10-6-13/h3-10,18-19H,1H2,2H3. The van der Waals surface area contributed by atoms with Gasteiger partial charge < -0.3 is 10.2 Å². The average molecular weight is 269 g/mol. The van der Waals surface area contributed by atoms with Crippen molar-refractivity contribution in [1.82, 2.24) is 0 Å². The number of carbonyl (C=O) groups is 1. The highest BCUT2D eigenvalue weighted by Crippen LogP contribution is 2.29. The maximum atomic E-state index is 12.3. The van der Waals surface area contributed by atoms with E-state index in [4.69, 9.17) is 0 Å². The smallest absolute Gasteiger partial charge is 0.257 e. The van der Waals surface area contributed by atoms with Gasteiger partial charge in [0.2, 0.25) is 0 Å². The summed E-state index contributed by atoms with van der Waals surface area (Å²) in [5, 5.41) is 18.7. The van der Waals surface area contributed by atoms with Crippen LogP contribution in [0.2, 0.25) is 0 Å². The first-order valence-corrected chi connectivity index (χ1v) is 6.07. The molecule has 0 saturated carbocycles. The molecule has 2 rings (SSSR count). The molecule has 2 aromatic carbocycles. The first-order chi connectivity index (χ1) is 9.49. The fourth-order valence-corrected chi connectivity index (χ4v) is 1.78. The van der Waals surface area contributed by atoms with Crippen LogP contribution < -0.4 is 4.90 Å². The molecule has 4 nitrogen and oxygen atoms in total. The van der Waals surface area contributed by atoms with Crippen LogP contribution in [0.5, 0.6) is 11.5 Å². The highest BCUT2D eigenvalue weighted by molar-refractivity contribution is 6.09. The van der Waals surface area contributed by atoms with Gasteiger partial charge in [-0.05, 0) is 55.5 Å². The van der Waals surface area contributed by atoms with Gasteiger partial charge in [0.05, 0.1) is 0 Å². The maximum Gasteiger partial charge on any atom is 0.257 e. The second kappa shape index (κ2) is 5.48. The molecule has 0 radical (unpaired) electrons. The highest BCUT2D eigenvalue weighted by atomic mass is 16.3. The van der Waals surface area contributed by atoms with Crippen LogP contribution in [0.15, 0.2) is 60.7 Å². The summed E-state index contributed by atoms with van der Waals surface area (Å²) in [6.45, 7) is 5.31. The molecular weight excluding hydrogens is 254 g/mol. The third-order valence-corrected chi connectivity index (χ3v) is 2.78. The summed E-state index contributed by atoms with van der Waals surface area (Å²) in [6.07, 6.45) is 0. The van der Waals surface area contributed by atoms with Gasteiger partial charge in [0.1, 0.15) is 11.5 Å².